The number of rotatable bonds is 3. The van der Waals surface area contributed by atoms with Gasteiger partial charge in [0.05, 0.1) is 33.8 Å². The van der Waals surface area contributed by atoms with E-state index in [1.165, 1.54) is 17.5 Å². The van der Waals surface area contributed by atoms with Gasteiger partial charge in [-0.2, -0.15) is 20.4 Å². The van der Waals surface area contributed by atoms with E-state index in [0.29, 0.717) is 5.75 Å². The van der Waals surface area contributed by atoms with Crippen molar-refractivity contribution in [3.05, 3.63) is 83.7 Å². The molecule has 0 aliphatic carbocycles. The van der Waals surface area contributed by atoms with E-state index in [9.17, 15) is 5.11 Å². The summed E-state index contributed by atoms with van der Waals surface area (Å²) in [5.74, 6) is 0.299. The number of hydrogen-bond acceptors (Lipinski definition) is 7. The molecular weight excluding hydrogens is 496 g/mol. The fourth-order valence-electron chi connectivity index (χ4n) is 5.51. The standard InChI is InChI=1S/C17H15N3O.C13H15N3.ClH/c1-11-10-12(21)6-7-16(11)20-9-8-15-17(20)13-4-2-3-5-14(13)18-19-15;1-2-8-16-9-7-12-13(16)10-5-3-4-6-11(10)14-15-12;/h2-7,10,21H,8-9H2,1H3;3-6H,2,7-9H2,1H3;1H. The molecule has 4 heterocycles. The average Bonchev–Trinajstić information content (AvgIpc) is 3.54. The zero-order chi connectivity index (χ0) is 25.4. The lowest BCUT2D eigenvalue weighted by Gasteiger charge is -2.22. The van der Waals surface area contributed by atoms with Crippen LogP contribution in [0.25, 0.3) is 21.8 Å². The number of hydrogen-bond donors (Lipinski definition) is 1. The smallest absolute Gasteiger partial charge is 0.115 e. The van der Waals surface area contributed by atoms with E-state index >= 15 is 0 Å². The third kappa shape index (κ3) is 4.58. The zero-order valence-corrected chi connectivity index (χ0v) is 22.4. The highest BCUT2D eigenvalue weighted by Crippen LogP contribution is 2.40. The average molecular weight is 527 g/mol. The van der Waals surface area contributed by atoms with Gasteiger partial charge in [-0.3, -0.25) is 0 Å². The quantitative estimate of drug-likeness (QED) is 0.301. The van der Waals surface area contributed by atoms with Gasteiger partial charge in [-0.15, -0.1) is 12.4 Å². The molecule has 0 spiro atoms. The summed E-state index contributed by atoms with van der Waals surface area (Å²) in [6.07, 6.45) is 3.11. The number of halogens is 1. The van der Waals surface area contributed by atoms with Crippen molar-refractivity contribution in [1.29, 1.82) is 0 Å². The van der Waals surface area contributed by atoms with Crippen LogP contribution < -0.4 is 9.80 Å². The number of aromatic hydroxyl groups is 1. The van der Waals surface area contributed by atoms with E-state index in [4.69, 9.17) is 0 Å². The first-order valence-electron chi connectivity index (χ1n) is 12.9. The van der Waals surface area contributed by atoms with E-state index in [1.807, 2.05) is 43.3 Å². The summed E-state index contributed by atoms with van der Waals surface area (Å²) in [5.41, 5.74) is 8.76. The third-order valence-corrected chi connectivity index (χ3v) is 7.16. The Morgan fingerprint density at radius 1 is 0.763 bits per heavy atom. The molecule has 2 aliphatic heterocycles. The first-order chi connectivity index (χ1) is 18.1. The summed E-state index contributed by atoms with van der Waals surface area (Å²) in [6, 6.07) is 21.9. The van der Waals surface area contributed by atoms with Crippen molar-refractivity contribution >= 4 is 51.3 Å². The van der Waals surface area contributed by atoms with Crippen LogP contribution in [0.2, 0.25) is 0 Å². The van der Waals surface area contributed by atoms with Crippen LogP contribution in [0.5, 0.6) is 5.75 Å². The maximum Gasteiger partial charge on any atom is 0.115 e. The second-order valence-corrected chi connectivity index (χ2v) is 9.63. The maximum absolute atomic E-state index is 9.61. The van der Waals surface area contributed by atoms with Gasteiger partial charge in [0.25, 0.3) is 0 Å². The molecule has 8 heteroatoms. The molecule has 0 fully saturated rings. The predicted octanol–water partition coefficient (Wildman–Crippen LogP) is 6.16. The lowest BCUT2D eigenvalue weighted by atomic mass is 10.1. The number of phenolic OH excluding ortho intramolecular Hbond substituents is 1. The normalized spacial score (nSPS) is 13.6. The minimum absolute atomic E-state index is 0. The van der Waals surface area contributed by atoms with Gasteiger partial charge in [-0.1, -0.05) is 43.3 Å². The monoisotopic (exact) mass is 526 g/mol. The molecule has 0 saturated heterocycles. The largest absolute Gasteiger partial charge is 0.508 e. The van der Waals surface area contributed by atoms with E-state index < -0.39 is 0 Å². The van der Waals surface area contributed by atoms with E-state index in [0.717, 1.165) is 77.2 Å². The molecule has 0 atom stereocenters. The topological polar surface area (TPSA) is 78.3 Å². The molecule has 5 aromatic rings. The second-order valence-electron chi connectivity index (χ2n) is 9.63. The highest BCUT2D eigenvalue weighted by Gasteiger charge is 2.26. The first-order valence-corrected chi connectivity index (χ1v) is 12.9. The van der Waals surface area contributed by atoms with Crippen LogP contribution in [-0.2, 0) is 12.8 Å². The maximum atomic E-state index is 9.61. The third-order valence-electron chi connectivity index (χ3n) is 7.16. The van der Waals surface area contributed by atoms with E-state index in [-0.39, 0.29) is 12.4 Å². The Hall–Kier alpha value is -3.97. The van der Waals surface area contributed by atoms with E-state index in [2.05, 4.69) is 55.3 Å². The summed E-state index contributed by atoms with van der Waals surface area (Å²) >= 11 is 0. The van der Waals surface area contributed by atoms with Crippen LogP contribution in [0.4, 0.5) is 17.1 Å². The first kappa shape index (κ1) is 25.7. The number of nitrogens with zero attached hydrogens (tertiary/aromatic N) is 6. The lowest BCUT2D eigenvalue weighted by molar-refractivity contribution is 0.475. The minimum atomic E-state index is 0. The molecule has 2 aromatic heterocycles. The molecule has 0 radical (unpaired) electrons. The number of phenols is 1. The van der Waals surface area contributed by atoms with Crippen LogP contribution in [0, 0.1) is 6.92 Å². The number of anilines is 3. The summed E-state index contributed by atoms with van der Waals surface area (Å²) < 4.78 is 0. The van der Waals surface area contributed by atoms with Crippen LogP contribution in [-0.4, -0.2) is 45.1 Å². The Bertz CT molecular complexity index is 1610. The van der Waals surface area contributed by atoms with E-state index in [1.54, 1.807) is 12.1 Å². The highest BCUT2D eigenvalue weighted by molar-refractivity contribution is 5.96. The lowest BCUT2D eigenvalue weighted by Crippen LogP contribution is -2.21. The highest BCUT2D eigenvalue weighted by atomic mass is 35.5. The van der Waals surface area contributed by atoms with Crippen molar-refractivity contribution in [3.8, 4) is 5.75 Å². The summed E-state index contributed by atoms with van der Waals surface area (Å²) in [4.78, 5) is 4.72. The van der Waals surface area contributed by atoms with Crippen molar-refractivity contribution in [3.63, 3.8) is 0 Å². The number of aromatic nitrogens is 4. The Morgan fingerprint density at radius 2 is 1.37 bits per heavy atom. The number of benzene rings is 3. The predicted molar refractivity (Wildman–Crippen MR) is 156 cm³/mol. The van der Waals surface area contributed by atoms with Crippen LogP contribution in [0.3, 0.4) is 0 Å². The fourth-order valence-corrected chi connectivity index (χ4v) is 5.51. The molecule has 0 saturated carbocycles. The number of aryl methyl sites for hydroxylation is 1. The van der Waals surface area contributed by atoms with Gasteiger partial charge in [0.1, 0.15) is 5.75 Å². The van der Waals surface area contributed by atoms with Crippen LogP contribution in [0.1, 0.15) is 30.3 Å². The Balaban J connectivity index is 0.000000156. The molecule has 194 valence electrons. The molecule has 0 bridgehead atoms. The van der Waals surface area contributed by atoms with Crippen molar-refractivity contribution in [2.45, 2.75) is 33.1 Å². The second kappa shape index (κ2) is 10.8. The van der Waals surface area contributed by atoms with Crippen molar-refractivity contribution < 1.29 is 5.11 Å². The summed E-state index contributed by atoms with van der Waals surface area (Å²) in [7, 11) is 0. The van der Waals surface area contributed by atoms with Gasteiger partial charge >= 0.3 is 0 Å². The van der Waals surface area contributed by atoms with Crippen LogP contribution in [0.15, 0.2) is 66.7 Å². The van der Waals surface area contributed by atoms with Gasteiger partial charge in [0.15, 0.2) is 0 Å². The van der Waals surface area contributed by atoms with Gasteiger partial charge in [-0.25, -0.2) is 0 Å². The minimum Gasteiger partial charge on any atom is -0.508 e. The molecule has 0 amide bonds. The van der Waals surface area contributed by atoms with Gasteiger partial charge in [0.2, 0.25) is 0 Å². The van der Waals surface area contributed by atoms with Crippen molar-refractivity contribution in [2.75, 3.05) is 29.4 Å². The van der Waals surface area contributed by atoms with Crippen LogP contribution >= 0.6 is 12.4 Å². The zero-order valence-electron chi connectivity index (χ0n) is 21.6. The summed E-state index contributed by atoms with van der Waals surface area (Å²) in [6.45, 7) is 7.33. The molecule has 1 N–H and O–H groups in total. The molecule has 38 heavy (non-hydrogen) atoms. The Morgan fingerprint density at radius 3 is 2.03 bits per heavy atom. The Labute approximate surface area is 228 Å². The number of fused-ring (bicyclic) bond motifs is 6. The molecular formula is C30H31ClN6O. The molecule has 3 aromatic carbocycles. The summed E-state index contributed by atoms with van der Waals surface area (Å²) in [5, 5.41) is 29.3. The molecule has 0 unspecified atom stereocenters. The SMILES string of the molecule is CCCN1CCc2nnc3ccccc3c21.Cc1cc(O)ccc1N1CCc2nnc3ccccc3c21.Cl. The molecule has 7 nitrogen and oxygen atoms in total. The van der Waals surface area contributed by atoms with Gasteiger partial charge in [-0.05, 0) is 49.2 Å². The van der Waals surface area contributed by atoms with Gasteiger partial charge < -0.3 is 14.9 Å². The molecule has 7 rings (SSSR count). The van der Waals surface area contributed by atoms with Gasteiger partial charge in [0, 0.05) is 48.9 Å². The van der Waals surface area contributed by atoms with Crippen molar-refractivity contribution in [2.24, 2.45) is 0 Å². The fraction of sp³-hybridized carbons (Fsp3) is 0.267. The molecule has 2 aliphatic rings. The Kier molecular flexibility index (Phi) is 7.29. The van der Waals surface area contributed by atoms with Crippen molar-refractivity contribution in [1.82, 2.24) is 20.4 Å².